The second-order valence-electron chi connectivity index (χ2n) is 4.92. The highest BCUT2D eigenvalue weighted by atomic mass is 19.1. The molecular weight excluding hydrogens is 241 g/mol. The van der Waals surface area contributed by atoms with E-state index < -0.39 is 0 Å². The van der Waals surface area contributed by atoms with Gasteiger partial charge in [-0.25, -0.2) is 4.39 Å². The van der Waals surface area contributed by atoms with Gasteiger partial charge >= 0.3 is 0 Å². The number of hydrogen-bond acceptors (Lipinski definition) is 2. The molecule has 3 heteroatoms. The minimum absolute atomic E-state index is 0.221. The summed E-state index contributed by atoms with van der Waals surface area (Å²) >= 11 is 0. The molecule has 0 radical (unpaired) electrons. The molecule has 2 nitrogen and oxygen atoms in total. The molecule has 3 rings (SSSR count). The minimum atomic E-state index is -0.358. The molecule has 2 aromatic rings. The maximum Gasteiger partial charge on any atom is 0.127 e. The first kappa shape index (κ1) is 12.2. The van der Waals surface area contributed by atoms with Crippen LogP contribution in [0.4, 0.5) is 4.39 Å². The molecule has 2 aromatic carbocycles. The number of halogens is 1. The Hall–Kier alpha value is -1.87. The molecule has 0 amide bonds. The van der Waals surface area contributed by atoms with Gasteiger partial charge in [0.15, 0.2) is 0 Å². The highest BCUT2D eigenvalue weighted by Crippen LogP contribution is 2.35. The van der Waals surface area contributed by atoms with Crippen molar-refractivity contribution in [2.24, 2.45) is 5.73 Å². The van der Waals surface area contributed by atoms with Gasteiger partial charge in [0.25, 0.3) is 0 Å². The van der Waals surface area contributed by atoms with Crippen LogP contribution in [0.3, 0.4) is 0 Å². The van der Waals surface area contributed by atoms with Crippen LogP contribution in [0.1, 0.15) is 28.3 Å². The van der Waals surface area contributed by atoms with Crippen LogP contribution in [0.5, 0.6) is 5.75 Å². The van der Waals surface area contributed by atoms with Crippen LogP contribution >= 0.6 is 0 Å². The first-order chi connectivity index (χ1) is 9.16. The van der Waals surface area contributed by atoms with Crippen LogP contribution in [0.25, 0.3) is 0 Å². The fraction of sp³-hybridized carbons (Fsp3) is 0.250. The number of hydrogen-bond donors (Lipinski definition) is 1. The van der Waals surface area contributed by atoms with Crippen molar-refractivity contribution in [2.75, 3.05) is 6.61 Å². The van der Waals surface area contributed by atoms with Gasteiger partial charge in [-0.15, -0.1) is 0 Å². The first-order valence-corrected chi connectivity index (χ1v) is 6.43. The lowest BCUT2D eigenvalue weighted by atomic mass is 9.96. The number of benzene rings is 2. The molecule has 19 heavy (non-hydrogen) atoms. The Balaban J connectivity index is 2.02. The third-order valence-corrected chi connectivity index (χ3v) is 3.63. The summed E-state index contributed by atoms with van der Waals surface area (Å²) in [5.74, 6) is 0.650. The maximum absolute atomic E-state index is 13.6. The van der Waals surface area contributed by atoms with Crippen molar-refractivity contribution >= 4 is 0 Å². The fourth-order valence-electron chi connectivity index (χ4n) is 2.47. The molecule has 1 aliphatic rings. The van der Waals surface area contributed by atoms with Crippen molar-refractivity contribution in [1.29, 1.82) is 0 Å². The first-order valence-electron chi connectivity index (χ1n) is 6.43. The van der Waals surface area contributed by atoms with Gasteiger partial charge in [-0.2, -0.15) is 0 Å². The van der Waals surface area contributed by atoms with Gasteiger partial charge in [-0.1, -0.05) is 30.3 Å². The molecule has 98 valence electrons. The second-order valence-corrected chi connectivity index (χ2v) is 4.92. The van der Waals surface area contributed by atoms with Crippen molar-refractivity contribution < 1.29 is 9.13 Å². The third-order valence-electron chi connectivity index (χ3n) is 3.63. The van der Waals surface area contributed by atoms with Crippen molar-refractivity contribution in [3.05, 3.63) is 64.5 Å². The summed E-state index contributed by atoms with van der Waals surface area (Å²) < 4.78 is 19.3. The SMILES string of the molecule is Cc1ccc(C(N)c2cccc3c2OCC3)cc1F. The molecule has 0 aliphatic carbocycles. The smallest absolute Gasteiger partial charge is 0.127 e. The number of para-hydroxylation sites is 1. The molecule has 0 saturated heterocycles. The third kappa shape index (κ3) is 2.10. The van der Waals surface area contributed by atoms with Crippen molar-refractivity contribution in [2.45, 2.75) is 19.4 Å². The summed E-state index contributed by atoms with van der Waals surface area (Å²) in [5.41, 5.74) is 9.77. The summed E-state index contributed by atoms with van der Waals surface area (Å²) in [6.45, 7) is 2.44. The monoisotopic (exact) mass is 257 g/mol. The van der Waals surface area contributed by atoms with Gasteiger partial charge in [0, 0.05) is 12.0 Å². The van der Waals surface area contributed by atoms with Crippen molar-refractivity contribution in [1.82, 2.24) is 0 Å². The summed E-state index contributed by atoms with van der Waals surface area (Å²) in [4.78, 5) is 0. The maximum atomic E-state index is 13.6. The van der Waals surface area contributed by atoms with Gasteiger partial charge < -0.3 is 10.5 Å². The van der Waals surface area contributed by atoms with Gasteiger partial charge in [-0.3, -0.25) is 0 Å². The average Bonchev–Trinajstić information content (AvgIpc) is 2.89. The Morgan fingerprint density at radius 1 is 1.26 bits per heavy atom. The van der Waals surface area contributed by atoms with E-state index in [9.17, 15) is 4.39 Å². The lowest BCUT2D eigenvalue weighted by Gasteiger charge is -2.16. The number of nitrogens with two attached hydrogens (primary N) is 1. The predicted molar refractivity (Wildman–Crippen MR) is 72.8 cm³/mol. The topological polar surface area (TPSA) is 35.2 Å². The van der Waals surface area contributed by atoms with Crippen LogP contribution < -0.4 is 10.5 Å². The number of fused-ring (bicyclic) bond motifs is 1. The fourth-order valence-corrected chi connectivity index (χ4v) is 2.47. The molecular formula is C16H16FNO. The summed E-state index contributed by atoms with van der Waals surface area (Å²) in [6, 6.07) is 10.8. The van der Waals surface area contributed by atoms with Crippen molar-refractivity contribution in [3.63, 3.8) is 0 Å². The largest absolute Gasteiger partial charge is 0.493 e. The van der Waals surface area contributed by atoms with E-state index in [0.717, 1.165) is 23.3 Å². The highest BCUT2D eigenvalue weighted by Gasteiger charge is 2.21. The van der Waals surface area contributed by atoms with Gasteiger partial charge in [-0.05, 0) is 29.7 Å². The zero-order valence-electron chi connectivity index (χ0n) is 10.8. The molecule has 1 atom stereocenters. The van der Waals surface area contributed by atoms with Crippen LogP contribution in [-0.2, 0) is 6.42 Å². The van der Waals surface area contributed by atoms with Crippen LogP contribution in [0.2, 0.25) is 0 Å². The second kappa shape index (κ2) is 4.67. The van der Waals surface area contributed by atoms with E-state index in [2.05, 4.69) is 0 Å². The van der Waals surface area contributed by atoms with Gasteiger partial charge in [0.1, 0.15) is 11.6 Å². The minimum Gasteiger partial charge on any atom is -0.493 e. The zero-order chi connectivity index (χ0) is 13.4. The molecule has 0 bridgehead atoms. The van der Waals surface area contributed by atoms with E-state index in [1.54, 1.807) is 13.0 Å². The van der Waals surface area contributed by atoms with E-state index in [-0.39, 0.29) is 11.9 Å². The molecule has 2 N–H and O–H groups in total. The van der Waals surface area contributed by atoms with E-state index in [1.807, 2.05) is 24.3 Å². The van der Waals surface area contributed by atoms with E-state index >= 15 is 0 Å². The van der Waals surface area contributed by atoms with E-state index in [0.29, 0.717) is 12.2 Å². The molecule has 1 aliphatic heterocycles. The Morgan fingerprint density at radius 2 is 2.11 bits per heavy atom. The van der Waals surface area contributed by atoms with Crippen LogP contribution in [0.15, 0.2) is 36.4 Å². The Labute approximate surface area is 112 Å². The standard InChI is InChI=1S/C16H16FNO/c1-10-5-6-12(9-14(10)17)15(18)13-4-2-3-11-7-8-19-16(11)13/h2-6,9,15H,7-8,18H2,1H3. The average molecular weight is 257 g/mol. The Kier molecular flexibility index (Phi) is 2.99. The molecule has 0 fully saturated rings. The van der Waals surface area contributed by atoms with Gasteiger partial charge in [0.05, 0.1) is 12.6 Å². The van der Waals surface area contributed by atoms with Crippen molar-refractivity contribution in [3.8, 4) is 5.75 Å². The summed E-state index contributed by atoms with van der Waals surface area (Å²) in [7, 11) is 0. The van der Waals surface area contributed by atoms with Crippen LogP contribution in [0, 0.1) is 12.7 Å². The van der Waals surface area contributed by atoms with Gasteiger partial charge in [0.2, 0.25) is 0 Å². The summed E-state index contributed by atoms with van der Waals surface area (Å²) in [5, 5.41) is 0. The number of ether oxygens (including phenoxy) is 1. The van der Waals surface area contributed by atoms with Crippen LogP contribution in [-0.4, -0.2) is 6.61 Å². The molecule has 0 aromatic heterocycles. The quantitative estimate of drug-likeness (QED) is 0.897. The predicted octanol–water partition coefficient (Wildman–Crippen LogP) is 3.12. The molecule has 1 heterocycles. The number of rotatable bonds is 2. The molecule has 0 spiro atoms. The van der Waals surface area contributed by atoms with E-state index in [1.165, 1.54) is 11.6 Å². The molecule has 1 unspecified atom stereocenters. The normalized spacial score (nSPS) is 14.9. The summed E-state index contributed by atoms with van der Waals surface area (Å²) in [6.07, 6.45) is 0.915. The Morgan fingerprint density at radius 3 is 2.89 bits per heavy atom. The lowest BCUT2D eigenvalue weighted by molar-refractivity contribution is 0.352. The molecule has 0 saturated carbocycles. The highest BCUT2D eigenvalue weighted by molar-refractivity contribution is 5.48. The van der Waals surface area contributed by atoms with E-state index in [4.69, 9.17) is 10.5 Å². The lowest BCUT2D eigenvalue weighted by Crippen LogP contribution is -2.13. The number of aryl methyl sites for hydroxylation is 1. The zero-order valence-corrected chi connectivity index (χ0v) is 10.8. The Bertz CT molecular complexity index is 624.